The van der Waals surface area contributed by atoms with E-state index in [9.17, 15) is 48.5 Å². The quantitative estimate of drug-likeness (QED) is 0.142. The van der Waals surface area contributed by atoms with Gasteiger partial charge >= 0.3 is 62.8 Å². The third kappa shape index (κ3) is 4.15. The van der Waals surface area contributed by atoms with Crippen LogP contribution in [0, 0.1) is 20.2 Å². The number of aliphatic hydroxyl groups excluding tert-OH is 1. The van der Waals surface area contributed by atoms with Gasteiger partial charge < -0.3 is 25.3 Å². The first-order valence-corrected chi connectivity index (χ1v) is 5.92. The fourth-order valence-corrected chi connectivity index (χ4v) is 2.73. The molecule has 15 heteroatoms. The van der Waals surface area contributed by atoms with Crippen LogP contribution in [0.5, 0.6) is 0 Å². The molecule has 0 bridgehead atoms. The van der Waals surface area contributed by atoms with Gasteiger partial charge in [0.15, 0.2) is 0 Å². The molecule has 0 aromatic heterocycles. The van der Waals surface area contributed by atoms with Gasteiger partial charge in [-0.3, -0.25) is 20.2 Å². The molecule has 0 radical (unpaired) electrons. The van der Waals surface area contributed by atoms with Crippen LogP contribution in [0.2, 0.25) is 0 Å². The minimum atomic E-state index is -5.60. The SMILES string of the molecule is O.O=[N+]([O-])C1(O)C=C(O)C(S(=O)(=O)[O-])C(O)([N+](=O)[O-])C1.[K+]. The molecule has 0 aromatic rings. The van der Waals surface area contributed by atoms with E-state index in [2.05, 4.69) is 0 Å². The molecule has 0 amide bonds. The number of rotatable bonds is 3. The molecule has 0 saturated carbocycles. The average molecular weight is 356 g/mol. The molecular weight excluding hydrogens is 347 g/mol. The van der Waals surface area contributed by atoms with E-state index in [-0.39, 0.29) is 62.9 Å². The maximum absolute atomic E-state index is 10.8. The molecule has 0 fully saturated rings. The topological polar surface area (TPSA) is 236 Å². The molecular formula is C6H9KN2O11S. The number of aliphatic hydroxyl groups is 3. The van der Waals surface area contributed by atoms with Crippen molar-refractivity contribution in [1.82, 2.24) is 0 Å². The summed E-state index contributed by atoms with van der Waals surface area (Å²) < 4.78 is 32.5. The maximum atomic E-state index is 10.8. The molecule has 0 aliphatic heterocycles. The molecule has 3 atom stereocenters. The fraction of sp³-hybridized carbons (Fsp3) is 0.667. The van der Waals surface area contributed by atoms with E-state index < -0.39 is 48.8 Å². The van der Waals surface area contributed by atoms with Gasteiger partial charge in [-0.1, -0.05) is 0 Å². The third-order valence-corrected chi connectivity index (χ3v) is 3.71. The van der Waals surface area contributed by atoms with Gasteiger partial charge in [-0.05, 0) is 0 Å². The van der Waals surface area contributed by atoms with E-state index in [0.29, 0.717) is 0 Å². The second kappa shape index (κ2) is 6.90. The van der Waals surface area contributed by atoms with Crippen molar-refractivity contribution in [2.45, 2.75) is 23.1 Å². The summed E-state index contributed by atoms with van der Waals surface area (Å²) in [6, 6.07) is 0. The van der Waals surface area contributed by atoms with Crippen molar-refractivity contribution < 1.29 is 95.0 Å². The maximum Gasteiger partial charge on any atom is 1.00 e. The zero-order valence-electron chi connectivity index (χ0n) is 10.4. The second-order valence-electron chi connectivity index (χ2n) is 3.89. The van der Waals surface area contributed by atoms with Crippen molar-refractivity contribution in [2.75, 3.05) is 0 Å². The summed E-state index contributed by atoms with van der Waals surface area (Å²) in [6.07, 6.45) is -1.75. The molecule has 5 N–H and O–H groups in total. The molecule has 1 aliphatic carbocycles. The van der Waals surface area contributed by atoms with Gasteiger partial charge in [-0.25, -0.2) is 8.42 Å². The minimum absolute atomic E-state index is 0. The van der Waals surface area contributed by atoms with Crippen molar-refractivity contribution >= 4 is 10.1 Å². The van der Waals surface area contributed by atoms with E-state index in [1.807, 2.05) is 0 Å². The van der Waals surface area contributed by atoms with Gasteiger partial charge in [0.2, 0.25) is 5.25 Å². The van der Waals surface area contributed by atoms with E-state index in [1.54, 1.807) is 0 Å². The zero-order chi connectivity index (χ0) is 15.2. The van der Waals surface area contributed by atoms with Gasteiger partial charge in [0, 0.05) is 0 Å². The van der Waals surface area contributed by atoms with Gasteiger partial charge in [0.25, 0.3) is 0 Å². The molecule has 0 aromatic carbocycles. The number of nitrogens with zero attached hydrogens (tertiary/aromatic N) is 2. The van der Waals surface area contributed by atoms with Crippen LogP contribution in [0.15, 0.2) is 11.8 Å². The molecule has 0 heterocycles. The molecule has 21 heavy (non-hydrogen) atoms. The van der Waals surface area contributed by atoms with Gasteiger partial charge in [-0.15, -0.1) is 0 Å². The van der Waals surface area contributed by atoms with Crippen LogP contribution in [0.1, 0.15) is 6.42 Å². The Bertz CT molecular complexity index is 575. The molecule has 0 saturated heterocycles. The van der Waals surface area contributed by atoms with Crippen LogP contribution >= 0.6 is 0 Å². The second-order valence-corrected chi connectivity index (χ2v) is 5.35. The Morgan fingerprint density at radius 3 is 1.95 bits per heavy atom. The van der Waals surface area contributed by atoms with Crippen LogP contribution in [0.3, 0.4) is 0 Å². The van der Waals surface area contributed by atoms with E-state index in [0.717, 1.165) is 0 Å². The third-order valence-electron chi connectivity index (χ3n) is 2.51. The van der Waals surface area contributed by atoms with Crippen molar-refractivity contribution in [3.8, 4) is 0 Å². The first-order valence-electron chi connectivity index (χ1n) is 4.45. The Hall–Kier alpha value is -0.234. The molecule has 13 nitrogen and oxygen atoms in total. The van der Waals surface area contributed by atoms with Crippen LogP contribution in [-0.4, -0.2) is 60.3 Å². The van der Waals surface area contributed by atoms with Crippen molar-refractivity contribution in [1.29, 1.82) is 0 Å². The van der Waals surface area contributed by atoms with Crippen LogP contribution < -0.4 is 51.4 Å². The Kier molecular flexibility index (Phi) is 7.57. The summed E-state index contributed by atoms with van der Waals surface area (Å²) in [5.74, 6) is -1.67. The summed E-state index contributed by atoms with van der Waals surface area (Å²) in [6.45, 7) is 0. The van der Waals surface area contributed by atoms with Crippen molar-refractivity contribution in [3.05, 3.63) is 32.1 Å². The Morgan fingerprint density at radius 1 is 1.24 bits per heavy atom. The van der Waals surface area contributed by atoms with Crippen LogP contribution in [0.25, 0.3) is 0 Å². The van der Waals surface area contributed by atoms with E-state index in [1.165, 1.54) is 0 Å². The Morgan fingerprint density at radius 2 is 1.67 bits per heavy atom. The standard InChI is InChI=1S/C6H8N2O10S.K.H2O/c9-3-1-5(10,7(12)13)2-6(11,8(14)15)4(3)19(16,17)18;;/h1,4,9-11H,2H2,(H,16,17,18);;1H2/q;+1;/p-1. The average Bonchev–Trinajstić information content (AvgIpc) is 2.12. The van der Waals surface area contributed by atoms with E-state index >= 15 is 0 Å². The molecule has 116 valence electrons. The van der Waals surface area contributed by atoms with Crippen molar-refractivity contribution in [2.24, 2.45) is 0 Å². The van der Waals surface area contributed by atoms with Gasteiger partial charge in [0.1, 0.15) is 22.3 Å². The normalized spacial score (nSPS) is 32.1. The van der Waals surface area contributed by atoms with Gasteiger partial charge in [-0.2, -0.15) is 0 Å². The first-order chi connectivity index (χ1) is 8.34. The summed E-state index contributed by atoms with van der Waals surface area (Å²) in [7, 11) is -5.60. The molecule has 0 spiro atoms. The van der Waals surface area contributed by atoms with Gasteiger partial charge in [0.05, 0.1) is 15.9 Å². The van der Waals surface area contributed by atoms with Crippen molar-refractivity contribution in [3.63, 3.8) is 0 Å². The van der Waals surface area contributed by atoms with E-state index in [4.69, 9.17) is 0 Å². The summed E-state index contributed by atoms with van der Waals surface area (Å²) in [4.78, 5) is 18.0. The Balaban J connectivity index is 0. The Labute approximate surface area is 159 Å². The largest absolute Gasteiger partial charge is 1.00 e. The first kappa shape index (κ1) is 23.0. The monoisotopic (exact) mass is 356 g/mol. The number of hydrogen-bond acceptors (Lipinski definition) is 10. The fourth-order valence-electron chi connectivity index (χ4n) is 1.73. The molecule has 1 rings (SSSR count). The molecule has 3 unspecified atom stereocenters. The number of nitro groups is 2. The summed E-state index contributed by atoms with van der Waals surface area (Å²) in [5, 5.41) is 46.4. The molecule has 1 aliphatic rings. The minimum Gasteiger partial charge on any atom is -0.747 e. The smallest absolute Gasteiger partial charge is 0.747 e. The number of hydrogen-bond donors (Lipinski definition) is 3. The zero-order valence-corrected chi connectivity index (χ0v) is 14.3. The van der Waals surface area contributed by atoms with Crippen LogP contribution in [0.4, 0.5) is 0 Å². The predicted molar refractivity (Wildman–Crippen MR) is 56.3 cm³/mol. The van der Waals surface area contributed by atoms with Crippen LogP contribution in [-0.2, 0) is 10.1 Å². The summed E-state index contributed by atoms with van der Waals surface area (Å²) >= 11 is 0. The summed E-state index contributed by atoms with van der Waals surface area (Å²) in [5.41, 5.74) is -6.99. The predicted octanol–water partition coefficient (Wildman–Crippen LogP) is -6.14.